The van der Waals surface area contributed by atoms with E-state index >= 15 is 0 Å². The minimum atomic E-state index is -0.336. The van der Waals surface area contributed by atoms with Crippen molar-refractivity contribution in [3.8, 4) is 11.5 Å². The number of aromatic nitrogens is 1. The van der Waals surface area contributed by atoms with Crippen LogP contribution in [0.15, 0.2) is 23.3 Å². The summed E-state index contributed by atoms with van der Waals surface area (Å²) < 4.78 is 14.6. The van der Waals surface area contributed by atoms with Crippen LogP contribution in [0.1, 0.15) is 28.5 Å². The van der Waals surface area contributed by atoms with E-state index in [1.165, 1.54) is 11.5 Å². The van der Waals surface area contributed by atoms with Gasteiger partial charge in [-0.1, -0.05) is 0 Å². The van der Waals surface area contributed by atoms with Gasteiger partial charge in [0.15, 0.2) is 11.5 Å². The third-order valence-electron chi connectivity index (χ3n) is 3.21. The molecule has 0 unspecified atom stereocenters. The number of hydrazone groups is 1. The molecule has 0 saturated carbocycles. The van der Waals surface area contributed by atoms with Crippen molar-refractivity contribution in [1.29, 1.82) is 0 Å². The number of aryl methyl sites for hydroxylation is 1. The number of carbonyl (C=O) groups excluding carboxylic acids is 1. The van der Waals surface area contributed by atoms with Crippen molar-refractivity contribution in [3.05, 3.63) is 35.0 Å². The summed E-state index contributed by atoms with van der Waals surface area (Å²) in [5.74, 6) is 0.844. The summed E-state index contributed by atoms with van der Waals surface area (Å²) in [6.45, 7) is 3.79. The summed E-state index contributed by atoms with van der Waals surface area (Å²) in [5, 5.41) is 4.67. The van der Waals surface area contributed by atoms with E-state index in [9.17, 15) is 4.79 Å². The summed E-state index contributed by atoms with van der Waals surface area (Å²) in [6, 6.07) is 4.96. The topological polar surface area (TPSA) is 98.8 Å². The third-order valence-corrected chi connectivity index (χ3v) is 3.98. The Hall–Kier alpha value is -2.61. The van der Waals surface area contributed by atoms with E-state index in [2.05, 4.69) is 14.9 Å². The first-order valence-corrected chi connectivity index (χ1v) is 7.30. The molecule has 1 aromatic carbocycles. The van der Waals surface area contributed by atoms with Gasteiger partial charge >= 0.3 is 0 Å². The molecule has 0 saturated heterocycles. The molecule has 1 aromatic heterocycles. The molecule has 0 radical (unpaired) electrons. The van der Waals surface area contributed by atoms with E-state index < -0.39 is 0 Å². The number of hydrogen-bond donors (Lipinski definition) is 2. The van der Waals surface area contributed by atoms with Crippen LogP contribution in [0.5, 0.6) is 11.5 Å². The summed E-state index contributed by atoms with van der Waals surface area (Å²) in [4.78, 5) is 12.1. The Morgan fingerprint density at radius 2 is 2.18 bits per heavy atom. The van der Waals surface area contributed by atoms with E-state index in [1.807, 2.05) is 6.92 Å². The zero-order valence-corrected chi connectivity index (χ0v) is 12.9. The first kappa shape index (κ1) is 14.3. The molecule has 2 aromatic rings. The smallest absolute Gasteiger partial charge is 0.271 e. The number of fused-ring (bicyclic) bond motifs is 1. The molecule has 1 aliphatic heterocycles. The molecule has 0 spiro atoms. The Kier molecular flexibility index (Phi) is 3.68. The second kappa shape index (κ2) is 5.64. The monoisotopic (exact) mass is 318 g/mol. The van der Waals surface area contributed by atoms with Gasteiger partial charge in [0.1, 0.15) is 5.00 Å². The standard InChI is InChI=1S/C14H14N4O3S/c1-7(12-8(2)18-22-13(12)15)16-17-14(19)9-3-4-10-11(5-9)21-6-20-10/h3-5H,6,15H2,1-2H3,(H,17,19)/b16-7-. The maximum Gasteiger partial charge on any atom is 0.271 e. The first-order chi connectivity index (χ1) is 10.6. The molecular weight excluding hydrogens is 304 g/mol. The summed E-state index contributed by atoms with van der Waals surface area (Å²) >= 11 is 1.21. The van der Waals surface area contributed by atoms with Gasteiger partial charge in [0.25, 0.3) is 5.91 Å². The molecule has 1 amide bonds. The van der Waals surface area contributed by atoms with Gasteiger partial charge in [-0.2, -0.15) is 9.47 Å². The fourth-order valence-electron chi connectivity index (χ4n) is 2.12. The van der Waals surface area contributed by atoms with Crippen molar-refractivity contribution >= 4 is 28.2 Å². The van der Waals surface area contributed by atoms with Crippen LogP contribution in [0.2, 0.25) is 0 Å². The number of ether oxygens (including phenoxy) is 2. The van der Waals surface area contributed by atoms with Crippen molar-refractivity contribution in [2.45, 2.75) is 13.8 Å². The first-order valence-electron chi connectivity index (χ1n) is 6.52. The number of carbonyl (C=O) groups is 1. The Balaban J connectivity index is 1.76. The van der Waals surface area contributed by atoms with Crippen LogP contribution in [-0.2, 0) is 0 Å². The third kappa shape index (κ3) is 2.60. The van der Waals surface area contributed by atoms with Crippen LogP contribution in [-0.4, -0.2) is 22.8 Å². The Bertz CT molecular complexity index is 750. The molecule has 0 fully saturated rings. The molecule has 0 aliphatic carbocycles. The lowest BCUT2D eigenvalue weighted by Crippen LogP contribution is -2.19. The highest BCUT2D eigenvalue weighted by Gasteiger charge is 2.16. The Labute approximate surface area is 130 Å². The minimum absolute atomic E-state index is 0.168. The maximum absolute atomic E-state index is 12.1. The van der Waals surface area contributed by atoms with Gasteiger partial charge in [-0.3, -0.25) is 4.79 Å². The van der Waals surface area contributed by atoms with Gasteiger partial charge in [0.2, 0.25) is 6.79 Å². The van der Waals surface area contributed by atoms with E-state index in [-0.39, 0.29) is 12.7 Å². The zero-order chi connectivity index (χ0) is 15.7. The number of nitrogen functional groups attached to an aromatic ring is 1. The number of amides is 1. The molecule has 0 atom stereocenters. The van der Waals surface area contributed by atoms with Crippen molar-refractivity contribution in [1.82, 2.24) is 9.80 Å². The lowest BCUT2D eigenvalue weighted by molar-refractivity contribution is 0.0954. The van der Waals surface area contributed by atoms with Crippen LogP contribution >= 0.6 is 11.5 Å². The van der Waals surface area contributed by atoms with Crippen LogP contribution in [0, 0.1) is 6.92 Å². The van der Waals surface area contributed by atoms with Gasteiger partial charge < -0.3 is 15.2 Å². The Morgan fingerprint density at radius 1 is 1.41 bits per heavy atom. The second-order valence-corrected chi connectivity index (χ2v) is 5.52. The molecule has 7 nitrogen and oxygen atoms in total. The predicted octanol–water partition coefficient (Wildman–Crippen LogP) is 1.92. The number of nitrogens with two attached hydrogens (primary N) is 1. The predicted molar refractivity (Wildman–Crippen MR) is 83.5 cm³/mol. The van der Waals surface area contributed by atoms with Gasteiger partial charge in [-0.25, -0.2) is 5.43 Å². The highest BCUT2D eigenvalue weighted by atomic mass is 32.1. The number of nitrogens with one attached hydrogen (secondary N) is 1. The van der Waals surface area contributed by atoms with E-state index in [0.29, 0.717) is 27.8 Å². The van der Waals surface area contributed by atoms with Crippen LogP contribution in [0.25, 0.3) is 0 Å². The summed E-state index contributed by atoms with van der Waals surface area (Å²) in [7, 11) is 0. The van der Waals surface area contributed by atoms with Crippen molar-refractivity contribution < 1.29 is 14.3 Å². The van der Waals surface area contributed by atoms with Crippen LogP contribution < -0.4 is 20.6 Å². The van der Waals surface area contributed by atoms with Crippen molar-refractivity contribution in [2.75, 3.05) is 12.5 Å². The average Bonchev–Trinajstić information content (AvgIpc) is 3.10. The molecule has 3 rings (SSSR count). The molecule has 3 N–H and O–H groups in total. The van der Waals surface area contributed by atoms with Crippen LogP contribution in [0.4, 0.5) is 5.00 Å². The van der Waals surface area contributed by atoms with E-state index in [1.54, 1.807) is 25.1 Å². The van der Waals surface area contributed by atoms with Gasteiger partial charge in [0, 0.05) is 5.56 Å². The number of hydrogen-bond acceptors (Lipinski definition) is 7. The lowest BCUT2D eigenvalue weighted by atomic mass is 10.2. The molecule has 2 heterocycles. The largest absolute Gasteiger partial charge is 0.454 e. The highest BCUT2D eigenvalue weighted by Crippen LogP contribution is 2.32. The Morgan fingerprint density at radius 3 is 2.91 bits per heavy atom. The number of rotatable bonds is 3. The fourth-order valence-corrected chi connectivity index (χ4v) is 2.83. The normalized spacial score (nSPS) is 13.3. The fraction of sp³-hybridized carbons (Fsp3) is 0.214. The lowest BCUT2D eigenvalue weighted by Gasteiger charge is -2.04. The van der Waals surface area contributed by atoms with Gasteiger partial charge in [0.05, 0.1) is 17.0 Å². The molecule has 114 valence electrons. The maximum atomic E-state index is 12.1. The number of nitrogens with zero attached hydrogens (tertiary/aromatic N) is 2. The second-order valence-electron chi connectivity index (χ2n) is 4.71. The van der Waals surface area contributed by atoms with E-state index in [4.69, 9.17) is 15.2 Å². The highest BCUT2D eigenvalue weighted by molar-refractivity contribution is 7.10. The SMILES string of the molecule is C/C(=N/NC(=O)c1ccc2c(c1)OCO2)c1c(C)nsc1N. The van der Waals surface area contributed by atoms with E-state index in [0.717, 1.165) is 11.3 Å². The molecule has 0 bridgehead atoms. The molecule has 22 heavy (non-hydrogen) atoms. The molecular formula is C14H14N4O3S. The molecule has 1 aliphatic rings. The summed E-state index contributed by atoms with van der Waals surface area (Å²) in [5.41, 5.74) is 11.0. The number of anilines is 1. The number of benzene rings is 1. The zero-order valence-electron chi connectivity index (χ0n) is 12.0. The quantitative estimate of drug-likeness (QED) is 0.665. The van der Waals surface area contributed by atoms with Gasteiger partial charge in [-0.05, 0) is 43.6 Å². The minimum Gasteiger partial charge on any atom is -0.454 e. The molecule has 8 heteroatoms. The van der Waals surface area contributed by atoms with Crippen molar-refractivity contribution in [3.63, 3.8) is 0 Å². The van der Waals surface area contributed by atoms with Gasteiger partial charge in [-0.15, -0.1) is 0 Å². The van der Waals surface area contributed by atoms with Crippen LogP contribution in [0.3, 0.4) is 0 Å². The van der Waals surface area contributed by atoms with Crippen molar-refractivity contribution in [2.24, 2.45) is 5.10 Å². The average molecular weight is 318 g/mol. The summed E-state index contributed by atoms with van der Waals surface area (Å²) in [6.07, 6.45) is 0.